The molecule has 0 spiro atoms. The van der Waals surface area contributed by atoms with Gasteiger partial charge in [-0.1, -0.05) is 74.4 Å². The zero-order valence-corrected chi connectivity index (χ0v) is 30.7. The number of amides is 3. The number of benzene rings is 2. The number of esters is 1. The van der Waals surface area contributed by atoms with E-state index < -0.39 is 47.6 Å². The first-order valence-corrected chi connectivity index (χ1v) is 18.9. The molecule has 0 radical (unpaired) electrons. The van der Waals surface area contributed by atoms with Gasteiger partial charge in [0.1, 0.15) is 29.5 Å². The molecule has 1 aliphatic carbocycles. The smallest absolute Gasteiger partial charge is 0.407 e. The van der Waals surface area contributed by atoms with Crippen molar-refractivity contribution >= 4 is 40.9 Å². The van der Waals surface area contributed by atoms with Crippen LogP contribution >= 0.6 is 0 Å². The quantitative estimate of drug-likeness (QED) is 0.183. The Balaban J connectivity index is 1.38. The minimum Gasteiger partial charge on any atom is -0.488 e. The highest BCUT2D eigenvalue weighted by Gasteiger charge is 2.62. The Morgan fingerprint density at radius 3 is 2.70 bits per heavy atom. The molecule has 4 bridgehead atoms. The van der Waals surface area contributed by atoms with Gasteiger partial charge >= 0.3 is 12.1 Å². The van der Waals surface area contributed by atoms with E-state index in [2.05, 4.69) is 35.4 Å². The van der Waals surface area contributed by atoms with Gasteiger partial charge in [0.25, 0.3) is 0 Å². The molecule has 280 valence electrons. The number of cyclic esters (lactones) is 1. The van der Waals surface area contributed by atoms with Gasteiger partial charge in [0.2, 0.25) is 11.8 Å². The summed E-state index contributed by atoms with van der Waals surface area (Å²) in [4.78, 5) is 61.2. The molecule has 11 heteroatoms. The lowest BCUT2D eigenvalue weighted by Crippen LogP contribution is -2.56. The molecular weight excluding hydrogens is 672 g/mol. The molecule has 5 atom stereocenters. The molecule has 53 heavy (non-hydrogen) atoms. The van der Waals surface area contributed by atoms with Gasteiger partial charge in [-0.3, -0.25) is 9.59 Å². The fourth-order valence-corrected chi connectivity index (χ4v) is 7.26. The summed E-state index contributed by atoms with van der Waals surface area (Å²) in [6.45, 7) is 8.04. The Labute approximate surface area is 311 Å². The lowest BCUT2D eigenvalue weighted by Gasteiger charge is -2.29. The van der Waals surface area contributed by atoms with Gasteiger partial charge in [-0.05, 0) is 63.1 Å². The third kappa shape index (κ3) is 8.72. The van der Waals surface area contributed by atoms with Crippen molar-refractivity contribution in [3.05, 3.63) is 78.9 Å². The Morgan fingerprint density at radius 2 is 1.94 bits per heavy atom. The van der Waals surface area contributed by atoms with Crippen LogP contribution in [0.25, 0.3) is 28.2 Å². The standard InChI is InChI=1S/C42H50N4O7/c1-4-7-19-34-39(48)46-27-31(24-36(46)38(47)45-42(26-30(42)5-2)40(49)51-6-3)53-37-25-35(29-17-13-11-14-18-29)43-33-21-20-28(23-32(33)37)16-12-9-8-10-15-22-52-41(50)44-34/h5,11-14,16-18,20-21,23,25,30-31,34,36H,2,4,6-10,15,19,22,24,26-27H2,1,3H3,(H,44,50)(H,45,47)/b16-12+/t30-,31+,34-,36-,42+/m0/s1. The van der Waals surface area contributed by atoms with Crippen LogP contribution in [0.3, 0.4) is 0 Å². The second-order valence-corrected chi connectivity index (χ2v) is 14.1. The zero-order chi connectivity index (χ0) is 37.4. The molecule has 2 aliphatic heterocycles. The monoisotopic (exact) mass is 722 g/mol. The maximum atomic E-state index is 14.5. The Kier molecular flexibility index (Phi) is 12.1. The number of nitrogens with zero attached hydrogens (tertiary/aromatic N) is 2. The summed E-state index contributed by atoms with van der Waals surface area (Å²) in [6.07, 6.45) is 10.4. The number of pyridine rings is 1. The van der Waals surface area contributed by atoms with Crippen LogP contribution in [0, 0.1) is 5.92 Å². The van der Waals surface area contributed by atoms with E-state index in [0.29, 0.717) is 31.4 Å². The molecule has 2 aromatic carbocycles. The highest BCUT2D eigenvalue weighted by molar-refractivity contribution is 5.97. The summed E-state index contributed by atoms with van der Waals surface area (Å²) in [5.41, 5.74) is 2.16. The van der Waals surface area contributed by atoms with Crippen molar-refractivity contribution in [3.8, 4) is 17.0 Å². The first-order valence-electron chi connectivity index (χ1n) is 18.9. The van der Waals surface area contributed by atoms with Crippen molar-refractivity contribution in [2.24, 2.45) is 5.92 Å². The molecule has 11 nitrogen and oxygen atoms in total. The average molecular weight is 723 g/mol. The number of alkyl carbamates (subject to hydrolysis) is 1. The topological polar surface area (TPSA) is 136 Å². The van der Waals surface area contributed by atoms with Crippen LogP contribution in [0.4, 0.5) is 4.79 Å². The third-order valence-corrected chi connectivity index (χ3v) is 10.3. The number of allylic oxidation sites excluding steroid dienone is 1. The van der Waals surface area contributed by atoms with Crippen LogP contribution in [-0.4, -0.2) is 77.2 Å². The number of rotatable bonds is 9. The maximum Gasteiger partial charge on any atom is 0.407 e. The average Bonchev–Trinajstić information content (AvgIpc) is 3.72. The van der Waals surface area contributed by atoms with E-state index in [0.717, 1.165) is 53.4 Å². The van der Waals surface area contributed by atoms with E-state index in [1.54, 1.807) is 13.0 Å². The molecule has 3 heterocycles. The number of fused-ring (bicyclic) bond motifs is 3. The molecule has 3 aliphatic rings. The normalized spacial score (nSPS) is 25.4. The second-order valence-electron chi connectivity index (χ2n) is 14.1. The lowest BCUT2D eigenvalue weighted by atomic mass is 10.1. The van der Waals surface area contributed by atoms with Crippen molar-refractivity contribution in [1.82, 2.24) is 20.5 Å². The summed E-state index contributed by atoms with van der Waals surface area (Å²) in [5, 5.41) is 6.55. The number of carbonyl (C=O) groups is 4. The van der Waals surface area contributed by atoms with E-state index in [1.165, 1.54) is 4.90 Å². The highest BCUT2D eigenvalue weighted by Crippen LogP contribution is 2.46. The Bertz CT molecular complexity index is 1850. The highest BCUT2D eigenvalue weighted by atomic mass is 16.5. The Morgan fingerprint density at radius 1 is 1.11 bits per heavy atom. The van der Waals surface area contributed by atoms with Crippen LogP contribution in [0.1, 0.15) is 77.2 Å². The zero-order valence-electron chi connectivity index (χ0n) is 30.7. The summed E-state index contributed by atoms with van der Waals surface area (Å²) in [6, 6.07) is 15.9. The predicted molar refractivity (Wildman–Crippen MR) is 203 cm³/mol. The van der Waals surface area contributed by atoms with Crippen LogP contribution in [0.2, 0.25) is 0 Å². The van der Waals surface area contributed by atoms with E-state index >= 15 is 0 Å². The number of hydrogen-bond donors (Lipinski definition) is 2. The van der Waals surface area contributed by atoms with Gasteiger partial charge in [-0.2, -0.15) is 0 Å². The van der Waals surface area contributed by atoms with Gasteiger partial charge in [0.05, 0.1) is 31.0 Å². The maximum absolute atomic E-state index is 14.5. The van der Waals surface area contributed by atoms with Crippen LogP contribution < -0.4 is 15.4 Å². The number of ether oxygens (including phenoxy) is 3. The second kappa shape index (κ2) is 17.1. The SMILES string of the molecule is C=C[C@H]1C[C@]1(NC(=O)[C@@H]1C[C@@H]2CN1C(=O)[C@H](CCCC)NC(=O)OCCCCC/C=C/c1ccc3nc(-c4ccccc4)cc(c3c1)O2)C(=O)OCC. The number of unbranched alkanes of at least 4 members (excludes halogenated alkanes) is 1. The number of hydrogen-bond acceptors (Lipinski definition) is 8. The molecule has 3 amide bonds. The molecule has 3 aromatic rings. The van der Waals surface area contributed by atoms with Gasteiger partial charge < -0.3 is 29.7 Å². The fourth-order valence-electron chi connectivity index (χ4n) is 7.26. The summed E-state index contributed by atoms with van der Waals surface area (Å²) in [7, 11) is 0. The van der Waals surface area contributed by atoms with Crippen molar-refractivity contribution in [1.29, 1.82) is 0 Å². The summed E-state index contributed by atoms with van der Waals surface area (Å²) < 4.78 is 17.6. The van der Waals surface area contributed by atoms with Crippen LogP contribution in [0.5, 0.6) is 5.75 Å². The summed E-state index contributed by atoms with van der Waals surface area (Å²) >= 11 is 0. The number of carbonyl (C=O) groups excluding carboxylic acids is 4. The van der Waals surface area contributed by atoms with E-state index in [1.807, 2.05) is 55.5 Å². The van der Waals surface area contributed by atoms with E-state index in [-0.39, 0.29) is 32.1 Å². The summed E-state index contributed by atoms with van der Waals surface area (Å²) in [5.74, 6) is -1.14. The van der Waals surface area contributed by atoms with Gasteiger partial charge in [0, 0.05) is 29.4 Å². The molecule has 0 unspecified atom stereocenters. The van der Waals surface area contributed by atoms with E-state index in [4.69, 9.17) is 19.2 Å². The van der Waals surface area contributed by atoms with Crippen LogP contribution in [0.15, 0.2) is 73.3 Å². The predicted octanol–water partition coefficient (Wildman–Crippen LogP) is 6.75. The Hall–Kier alpha value is -5.19. The minimum atomic E-state index is -1.24. The first kappa shape index (κ1) is 37.6. The largest absolute Gasteiger partial charge is 0.488 e. The molecule has 1 saturated heterocycles. The molecule has 1 saturated carbocycles. The first-order chi connectivity index (χ1) is 25.8. The van der Waals surface area contributed by atoms with Gasteiger partial charge in [0.15, 0.2) is 0 Å². The van der Waals surface area contributed by atoms with E-state index in [9.17, 15) is 19.2 Å². The van der Waals surface area contributed by atoms with Gasteiger partial charge in [-0.25, -0.2) is 14.6 Å². The molecule has 6 rings (SSSR count). The van der Waals surface area contributed by atoms with Crippen LogP contribution in [-0.2, 0) is 23.9 Å². The van der Waals surface area contributed by atoms with Crippen molar-refractivity contribution in [3.63, 3.8) is 0 Å². The third-order valence-electron chi connectivity index (χ3n) is 10.3. The molecular formula is C42H50N4O7. The van der Waals surface area contributed by atoms with Crippen molar-refractivity contribution < 1.29 is 33.4 Å². The number of nitrogens with one attached hydrogen (secondary N) is 2. The van der Waals surface area contributed by atoms with Crippen molar-refractivity contribution in [2.45, 2.75) is 95.4 Å². The molecule has 1 aromatic heterocycles. The van der Waals surface area contributed by atoms with Crippen molar-refractivity contribution in [2.75, 3.05) is 19.8 Å². The number of aromatic nitrogens is 1. The molecule has 2 fully saturated rings. The van der Waals surface area contributed by atoms with Gasteiger partial charge in [-0.15, -0.1) is 6.58 Å². The molecule has 2 N–H and O–H groups in total. The fraction of sp³-hybridized carbons (Fsp3) is 0.452. The minimum absolute atomic E-state index is 0.0810. The lowest BCUT2D eigenvalue weighted by molar-refractivity contribution is -0.150.